The molecule has 2 atom stereocenters. The maximum atomic E-state index is 11.0. The summed E-state index contributed by atoms with van der Waals surface area (Å²) in [4.78, 5) is 11.0. The number of carboxylic acid groups (broad SMARTS) is 1. The Labute approximate surface area is 99.6 Å². The van der Waals surface area contributed by atoms with Gasteiger partial charge in [-0.25, -0.2) is 0 Å². The number of carbonyl (C=O) groups is 1. The Morgan fingerprint density at radius 2 is 1.81 bits per heavy atom. The number of rotatable bonds is 9. The summed E-state index contributed by atoms with van der Waals surface area (Å²) < 4.78 is 0. The first-order valence-electron chi connectivity index (χ1n) is 6.46. The molecule has 0 aromatic carbocycles. The number of aliphatic carboxylic acids is 1. The van der Waals surface area contributed by atoms with E-state index in [1.54, 1.807) is 0 Å². The van der Waals surface area contributed by atoms with E-state index in [9.17, 15) is 4.79 Å². The molecule has 0 aromatic rings. The lowest BCUT2D eigenvalue weighted by Crippen LogP contribution is -2.42. The first kappa shape index (κ1) is 15.4. The van der Waals surface area contributed by atoms with E-state index < -0.39 is 5.97 Å². The highest BCUT2D eigenvalue weighted by molar-refractivity contribution is 5.73. The smallest absolute Gasteiger partial charge is 0.320 e. The Kier molecular flexibility index (Phi) is 8.26. The zero-order valence-corrected chi connectivity index (χ0v) is 11.1. The van der Waals surface area contributed by atoms with Gasteiger partial charge in [-0.05, 0) is 32.1 Å². The molecule has 0 saturated heterocycles. The molecule has 1 unspecified atom stereocenters. The minimum atomic E-state index is -0.718. The molecule has 2 N–H and O–H groups in total. The molecule has 0 bridgehead atoms. The van der Waals surface area contributed by atoms with E-state index in [-0.39, 0.29) is 6.04 Å². The summed E-state index contributed by atoms with van der Waals surface area (Å²) >= 11 is 0. The predicted octanol–water partition coefficient (Wildman–Crippen LogP) is 3.04. The van der Waals surface area contributed by atoms with Crippen molar-refractivity contribution in [1.29, 1.82) is 0 Å². The highest BCUT2D eigenvalue weighted by Crippen LogP contribution is 2.09. The number of unbranched alkanes of at least 4 members (excludes halogenated alkanes) is 1. The van der Waals surface area contributed by atoms with Crippen molar-refractivity contribution in [2.45, 2.75) is 71.9 Å². The van der Waals surface area contributed by atoms with Crippen molar-refractivity contribution in [2.75, 3.05) is 0 Å². The highest BCUT2D eigenvalue weighted by Gasteiger charge is 2.18. The van der Waals surface area contributed by atoms with Gasteiger partial charge in [0.2, 0.25) is 0 Å². The van der Waals surface area contributed by atoms with E-state index in [1.807, 2.05) is 0 Å². The van der Waals surface area contributed by atoms with Crippen LogP contribution in [0.3, 0.4) is 0 Å². The molecule has 16 heavy (non-hydrogen) atoms. The molecular formula is C13H27NO2. The fourth-order valence-electron chi connectivity index (χ4n) is 1.70. The van der Waals surface area contributed by atoms with Crippen LogP contribution in [0, 0.1) is 5.92 Å². The SMILES string of the molecule is CCCC[C@H](NC(C)CCC(C)C)C(=O)O. The Bertz CT molecular complexity index is 192. The van der Waals surface area contributed by atoms with Crippen LogP contribution in [0.15, 0.2) is 0 Å². The van der Waals surface area contributed by atoms with Crippen molar-refractivity contribution >= 4 is 5.97 Å². The summed E-state index contributed by atoms with van der Waals surface area (Å²) in [7, 11) is 0. The van der Waals surface area contributed by atoms with E-state index in [0.717, 1.165) is 32.1 Å². The Morgan fingerprint density at radius 1 is 1.19 bits per heavy atom. The molecule has 3 nitrogen and oxygen atoms in total. The second-order valence-corrected chi connectivity index (χ2v) is 5.07. The van der Waals surface area contributed by atoms with Gasteiger partial charge in [0, 0.05) is 6.04 Å². The van der Waals surface area contributed by atoms with Gasteiger partial charge < -0.3 is 10.4 Å². The zero-order valence-electron chi connectivity index (χ0n) is 11.1. The quantitative estimate of drug-likeness (QED) is 0.639. The number of carboxylic acids is 1. The lowest BCUT2D eigenvalue weighted by Gasteiger charge is -2.20. The minimum absolute atomic E-state index is 0.292. The van der Waals surface area contributed by atoms with Gasteiger partial charge >= 0.3 is 5.97 Å². The molecule has 0 aliphatic carbocycles. The third-order valence-electron chi connectivity index (χ3n) is 2.81. The molecule has 0 amide bonds. The molecule has 0 aliphatic heterocycles. The Morgan fingerprint density at radius 3 is 2.25 bits per heavy atom. The van der Waals surface area contributed by atoms with Crippen LogP contribution in [0.4, 0.5) is 0 Å². The minimum Gasteiger partial charge on any atom is -0.480 e. The normalized spacial score (nSPS) is 15.1. The summed E-state index contributed by atoms with van der Waals surface area (Å²) in [6.07, 6.45) is 4.95. The molecule has 0 aromatic heterocycles. The molecular weight excluding hydrogens is 202 g/mol. The van der Waals surface area contributed by atoms with E-state index in [0.29, 0.717) is 12.0 Å². The van der Waals surface area contributed by atoms with Crippen molar-refractivity contribution < 1.29 is 9.90 Å². The monoisotopic (exact) mass is 229 g/mol. The van der Waals surface area contributed by atoms with Crippen LogP contribution in [-0.2, 0) is 4.79 Å². The predicted molar refractivity (Wildman–Crippen MR) is 67.6 cm³/mol. The van der Waals surface area contributed by atoms with Gasteiger partial charge in [-0.3, -0.25) is 4.79 Å². The van der Waals surface area contributed by atoms with Crippen molar-refractivity contribution in [3.8, 4) is 0 Å². The average molecular weight is 229 g/mol. The Balaban J connectivity index is 3.92. The second kappa shape index (κ2) is 8.57. The maximum absolute atomic E-state index is 11.0. The lowest BCUT2D eigenvalue weighted by atomic mass is 10.0. The summed E-state index contributed by atoms with van der Waals surface area (Å²) in [6, 6.07) is -0.0810. The molecule has 96 valence electrons. The van der Waals surface area contributed by atoms with E-state index >= 15 is 0 Å². The van der Waals surface area contributed by atoms with Crippen molar-refractivity contribution in [2.24, 2.45) is 5.92 Å². The van der Waals surface area contributed by atoms with E-state index in [1.165, 1.54) is 0 Å². The molecule has 0 heterocycles. The average Bonchev–Trinajstić information content (AvgIpc) is 2.20. The molecule has 0 radical (unpaired) electrons. The van der Waals surface area contributed by atoms with Crippen LogP contribution >= 0.6 is 0 Å². The second-order valence-electron chi connectivity index (χ2n) is 5.07. The molecule has 0 aliphatic rings. The van der Waals surface area contributed by atoms with Gasteiger partial charge in [-0.2, -0.15) is 0 Å². The van der Waals surface area contributed by atoms with Gasteiger partial charge in [-0.15, -0.1) is 0 Å². The number of nitrogens with one attached hydrogen (secondary N) is 1. The Hall–Kier alpha value is -0.570. The highest BCUT2D eigenvalue weighted by atomic mass is 16.4. The van der Waals surface area contributed by atoms with E-state index in [4.69, 9.17) is 5.11 Å². The van der Waals surface area contributed by atoms with Crippen molar-refractivity contribution in [1.82, 2.24) is 5.32 Å². The van der Waals surface area contributed by atoms with Crippen molar-refractivity contribution in [3.05, 3.63) is 0 Å². The summed E-state index contributed by atoms with van der Waals surface area (Å²) in [5.41, 5.74) is 0. The molecule has 0 spiro atoms. The lowest BCUT2D eigenvalue weighted by molar-refractivity contribution is -0.139. The first-order chi connectivity index (χ1) is 7.47. The zero-order chi connectivity index (χ0) is 12.6. The maximum Gasteiger partial charge on any atom is 0.320 e. The third-order valence-corrected chi connectivity index (χ3v) is 2.81. The standard InChI is InChI=1S/C13H27NO2/c1-5-6-7-12(13(15)16)14-11(4)9-8-10(2)3/h10-12,14H,5-9H2,1-4H3,(H,15,16)/t11?,12-/m0/s1. The summed E-state index contributed by atoms with van der Waals surface area (Å²) in [6.45, 7) is 8.54. The fourth-order valence-corrected chi connectivity index (χ4v) is 1.70. The molecule has 3 heteroatoms. The van der Waals surface area contributed by atoms with Gasteiger partial charge in [0.25, 0.3) is 0 Å². The van der Waals surface area contributed by atoms with Gasteiger partial charge in [0.05, 0.1) is 0 Å². The van der Waals surface area contributed by atoms with Gasteiger partial charge in [-0.1, -0.05) is 33.6 Å². The van der Waals surface area contributed by atoms with Crippen LogP contribution in [0.2, 0.25) is 0 Å². The van der Waals surface area contributed by atoms with E-state index in [2.05, 4.69) is 33.0 Å². The summed E-state index contributed by atoms with van der Waals surface area (Å²) in [5, 5.41) is 12.3. The van der Waals surface area contributed by atoms with Crippen molar-refractivity contribution in [3.63, 3.8) is 0 Å². The van der Waals surface area contributed by atoms with Gasteiger partial charge in [0.1, 0.15) is 6.04 Å². The van der Waals surface area contributed by atoms with Crippen LogP contribution in [-0.4, -0.2) is 23.2 Å². The largest absolute Gasteiger partial charge is 0.480 e. The molecule has 0 fully saturated rings. The van der Waals surface area contributed by atoms with Crippen LogP contribution < -0.4 is 5.32 Å². The molecule has 0 saturated carbocycles. The van der Waals surface area contributed by atoms with Gasteiger partial charge in [0.15, 0.2) is 0 Å². The number of hydrogen-bond donors (Lipinski definition) is 2. The number of hydrogen-bond acceptors (Lipinski definition) is 2. The fraction of sp³-hybridized carbons (Fsp3) is 0.923. The first-order valence-corrected chi connectivity index (χ1v) is 6.46. The van der Waals surface area contributed by atoms with Crippen LogP contribution in [0.1, 0.15) is 59.8 Å². The van der Waals surface area contributed by atoms with Crippen LogP contribution in [0.25, 0.3) is 0 Å². The van der Waals surface area contributed by atoms with Crippen LogP contribution in [0.5, 0.6) is 0 Å². The third kappa shape index (κ3) is 7.69. The summed E-state index contributed by atoms with van der Waals surface area (Å²) in [5.74, 6) is -0.0342. The topological polar surface area (TPSA) is 49.3 Å². The molecule has 0 rings (SSSR count).